The Labute approximate surface area is 187 Å². The zero-order valence-corrected chi connectivity index (χ0v) is 18.1. The smallest absolute Gasteiger partial charge is 0.343 e. The molecule has 1 N–H and O–H groups in total. The fraction of sp³-hybridized carbons (Fsp3) is 0.346. The van der Waals surface area contributed by atoms with Crippen molar-refractivity contribution < 1.29 is 14.3 Å². The van der Waals surface area contributed by atoms with Gasteiger partial charge in [-0.1, -0.05) is 54.6 Å². The van der Waals surface area contributed by atoms with Crippen LogP contribution in [0.5, 0.6) is 5.75 Å². The van der Waals surface area contributed by atoms with Crippen molar-refractivity contribution in [2.75, 3.05) is 26.2 Å². The summed E-state index contributed by atoms with van der Waals surface area (Å²) >= 11 is 0. The lowest BCUT2D eigenvalue weighted by atomic mass is 9.99. The van der Waals surface area contributed by atoms with Crippen LogP contribution in [0, 0.1) is 0 Å². The summed E-state index contributed by atoms with van der Waals surface area (Å²) in [5.41, 5.74) is 4.33. The number of hydrogen-bond donors (Lipinski definition) is 1. The van der Waals surface area contributed by atoms with Crippen molar-refractivity contribution in [1.82, 2.24) is 9.80 Å². The zero-order valence-electron chi connectivity index (χ0n) is 18.1. The molecule has 1 saturated heterocycles. The van der Waals surface area contributed by atoms with Crippen LogP contribution in [0.2, 0.25) is 0 Å². The fourth-order valence-electron chi connectivity index (χ4n) is 4.66. The van der Waals surface area contributed by atoms with Crippen molar-refractivity contribution in [3.8, 4) is 5.75 Å². The lowest BCUT2D eigenvalue weighted by molar-refractivity contribution is -0.0334. The quantitative estimate of drug-likeness (QED) is 0.666. The molecule has 0 unspecified atom stereocenters. The van der Waals surface area contributed by atoms with E-state index in [2.05, 4.69) is 46.2 Å². The van der Waals surface area contributed by atoms with E-state index in [1.807, 2.05) is 18.2 Å². The average molecular weight is 433 g/mol. The Kier molecular flexibility index (Phi) is 6.08. The second kappa shape index (κ2) is 9.28. The number of hydrogen-bond acceptors (Lipinski definition) is 6. The lowest BCUT2D eigenvalue weighted by Crippen LogP contribution is -2.38. The van der Waals surface area contributed by atoms with Crippen molar-refractivity contribution in [2.24, 2.45) is 0 Å². The molecule has 0 saturated carbocycles. The third kappa shape index (κ3) is 4.48. The van der Waals surface area contributed by atoms with Gasteiger partial charge in [-0.15, -0.1) is 0 Å². The zero-order chi connectivity index (χ0) is 21.9. The van der Waals surface area contributed by atoms with Gasteiger partial charge in [0.2, 0.25) is 0 Å². The van der Waals surface area contributed by atoms with Crippen LogP contribution in [-0.2, 0) is 30.8 Å². The minimum atomic E-state index is -0.474. The summed E-state index contributed by atoms with van der Waals surface area (Å²) in [6.07, 6.45) is 2.35. The highest BCUT2D eigenvalue weighted by Crippen LogP contribution is 2.28. The summed E-state index contributed by atoms with van der Waals surface area (Å²) in [5, 5.41) is 11.0. The van der Waals surface area contributed by atoms with Crippen LogP contribution in [0.1, 0.15) is 33.9 Å². The molecule has 166 valence electrons. The lowest BCUT2D eigenvalue weighted by Gasteiger charge is -2.33. The van der Waals surface area contributed by atoms with Crippen molar-refractivity contribution in [1.29, 1.82) is 0 Å². The number of ether oxygens (including phenoxy) is 1. The molecule has 0 aliphatic carbocycles. The maximum Gasteiger partial charge on any atom is 0.343 e. The number of fused-ring (bicyclic) bond motifs is 1. The first kappa shape index (κ1) is 20.9. The van der Waals surface area contributed by atoms with Gasteiger partial charge >= 0.3 is 5.63 Å². The second-order valence-corrected chi connectivity index (χ2v) is 8.61. The summed E-state index contributed by atoms with van der Waals surface area (Å²) in [7, 11) is 0. The fourth-order valence-corrected chi connectivity index (χ4v) is 4.66. The normalized spacial score (nSPS) is 19.6. The number of benzene rings is 2. The standard InChI is InChI=1S/C26H28N2O4/c29-25-22(15-27-11-10-19-6-4-5-9-21(19)14-27)18-32-26(30)23(25)16-28-12-13-31-24(17-28)20-7-2-1-3-8-20/h1-9,18,24,29H,10-17H2/t24-/m0/s1. The molecule has 3 aromatic rings. The van der Waals surface area contributed by atoms with Gasteiger partial charge in [-0.3, -0.25) is 9.80 Å². The average Bonchev–Trinajstić information content (AvgIpc) is 2.84. The van der Waals surface area contributed by atoms with Gasteiger partial charge in [0.1, 0.15) is 12.0 Å². The first-order valence-electron chi connectivity index (χ1n) is 11.2. The molecule has 1 atom stereocenters. The summed E-state index contributed by atoms with van der Waals surface area (Å²) in [6.45, 7) is 4.58. The molecule has 0 bridgehead atoms. The number of morpholine rings is 1. The molecular formula is C26H28N2O4. The van der Waals surface area contributed by atoms with Crippen LogP contribution < -0.4 is 5.63 Å². The molecule has 32 heavy (non-hydrogen) atoms. The molecule has 2 aliphatic heterocycles. The summed E-state index contributed by atoms with van der Waals surface area (Å²) in [6, 6.07) is 18.6. The van der Waals surface area contributed by atoms with E-state index in [-0.39, 0.29) is 11.9 Å². The Hall–Kier alpha value is -2.93. The monoisotopic (exact) mass is 432 g/mol. The Balaban J connectivity index is 1.30. The molecule has 0 radical (unpaired) electrons. The van der Waals surface area contributed by atoms with E-state index in [4.69, 9.17) is 9.15 Å². The Bertz CT molecular complexity index is 1130. The van der Waals surface area contributed by atoms with Crippen LogP contribution in [-0.4, -0.2) is 41.1 Å². The largest absolute Gasteiger partial charge is 0.507 e. The van der Waals surface area contributed by atoms with E-state index in [0.717, 1.165) is 25.1 Å². The van der Waals surface area contributed by atoms with Gasteiger partial charge in [0.15, 0.2) is 0 Å². The van der Waals surface area contributed by atoms with E-state index in [0.29, 0.717) is 43.9 Å². The Morgan fingerprint density at radius 1 is 0.938 bits per heavy atom. The first-order chi connectivity index (χ1) is 15.7. The van der Waals surface area contributed by atoms with E-state index in [1.54, 1.807) is 0 Å². The molecular weight excluding hydrogens is 404 g/mol. The maximum atomic E-state index is 12.5. The van der Waals surface area contributed by atoms with Crippen LogP contribution in [0.4, 0.5) is 0 Å². The number of rotatable bonds is 5. The topological polar surface area (TPSA) is 66.2 Å². The second-order valence-electron chi connectivity index (χ2n) is 8.61. The van der Waals surface area contributed by atoms with Crippen LogP contribution in [0.3, 0.4) is 0 Å². The highest BCUT2D eigenvalue weighted by Gasteiger charge is 2.25. The molecule has 6 heteroatoms. The van der Waals surface area contributed by atoms with Gasteiger partial charge in [0.05, 0.1) is 18.3 Å². The van der Waals surface area contributed by atoms with Gasteiger partial charge in [-0.25, -0.2) is 4.79 Å². The van der Waals surface area contributed by atoms with Gasteiger partial charge in [0, 0.05) is 44.8 Å². The molecule has 1 aromatic heterocycles. The Morgan fingerprint density at radius 2 is 1.72 bits per heavy atom. The first-order valence-corrected chi connectivity index (χ1v) is 11.2. The van der Waals surface area contributed by atoms with E-state index < -0.39 is 5.63 Å². The highest BCUT2D eigenvalue weighted by atomic mass is 16.5. The number of nitrogens with zero attached hydrogens (tertiary/aromatic N) is 2. The van der Waals surface area contributed by atoms with Gasteiger partial charge in [-0.2, -0.15) is 0 Å². The van der Waals surface area contributed by atoms with Crippen LogP contribution >= 0.6 is 0 Å². The van der Waals surface area contributed by atoms with Crippen LogP contribution in [0.25, 0.3) is 0 Å². The molecule has 3 heterocycles. The highest BCUT2D eigenvalue weighted by molar-refractivity contribution is 5.37. The Morgan fingerprint density at radius 3 is 2.56 bits per heavy atom. The molecule has 6 nitrogen and oxygen atoms in total. The minimum absolute atomic E-state index is 0.0456. The number of aromatic hydroxyl groups is 1. The molecule has 5 rings (SSSR count). The van der Waals surface area contributed by atoms with E-state index in [1.165, 1.54) is 17.4 Å². The van der Waals surface area contributed by atoms with E-state index in [9.17, 15) is 9.90 Å². The third-order valence-corrected chi connectivity index (χ3v) is 6.45. The summed E-state index contributed by atoms with van der Waals surface area (Å²) in [4.78, 5) is 16.9. The maximum absolute atomic E-state index is 12.5. The molecule has 2 aromatic carbocycles. The minimum Gasteiger partial charge on any atom is -0.507 e. The van der Waals surface area contributed by atoms with Gasteiger partial charge in [0.25, 0.3) is 0 Å². The van der Waals surface area contributed by atoms with Crippen molar-refractivity contribution in [3.63, 3.8) is 0 Å². The predicted molar refractivity (Wildman–Crippen MR) is 121 cm³/mol. The summed E-state index contributed by atoms with van der Waals surface area (Å²) in [5.74, 6) is 0.0582. The van der Waals surface area contributed by atoms with Crippen LogP contribution in [0.15, 0.2) is 70.1 Å². The van der Waals surface area contributed by atoms with Crippen molar-refractivity contribution >= 4 is 0 Å². The van der Waals surface area contributed by atoms with E-state index >= 15 is 0 Å². The van der Waals surface area contributed by atoms with Crippen molar-refractivity contribution in [2.45, 2.75) is 32.2 Å². The predicted octanol–water partition coefficient (Wildman–Crippen LogP) is 3.48. The van der Waals surface area contributed by atoms with Crippen molar-refractivity contribution in [3.05, 3.63) is 99.1 Å². The molecule has 0 spiro atoms. The molecule has 2 aliphatic rings. The summed E-state index contributed by atoms with van der Waals surface area (Å²) < 4.78 is 11.3. The van der Waals surface area contributed by atoms with Gasteiger partial charge < -0.3 is 14.3 Å². The third-order valence-electron chi connectivity index (χ3n) is 6.45. The SMILES string of the molecule is O=c1occ(CN2CCc3ccccc3C2)c(O)c1CN1CCO[C@H](c2ccccc2)C1. The molecule has 1 fully saturated rings. The molecule has 0 amide bonds. The van der Waals surface area contributed by atoms with Gasteiger partial charge in [-0.05, 0) is 23.1 Å².